The summed E-state index contributed by atoms with van der Waals surface area (Å²) < 4.78 is 0. The molecule has 3 N–H and O–H groups in total. The summed E-state index contributed by atoms with van der Waals surface area (Å²) in [5, 5.41) is 29.3. The van der Waals surface area contributed by atoms with Crippen LogP contribution >= 0.6 is 0 Å². The van der Waals surface area contributed by atoms with Crippen molar-refractivity contribution >= 4 is 0 Å². The van der Waals surface area contributed by atoms with Crippen molar-refractivity contribution in [3.63, 3.8) is 0 Å². The maximum Gasteiger partial charge on any atom is 0.164 e. The van der Waals surface area contributed by atoms with Crippen LogP contribution in [0.3, 0.4) is 0 Å². The molecule has 0 saturated heterocycles. The van der Waals surface area contributed by atoms with Gasteiger partial charge in [0.05, 0.1) is 0 Å². The van der Waals surface area contributed by atoms with Gasteiger partial charge < -0.3 is 15.3 Å². The van der Waals surface area contributed by atoms with Gasteiger partial charge in [-0.2, -0.15) is 0 Å². The van der Waals surface area contributed by atoms with E-state index in [1.54, 1.807) is 0 Å². The summed E-state index contributed by atoms with van der Waals surface area (Å²) in [7, 11) is 0. The monoisotopic (exact) mass is 398 g/mol. The highest BCUT2D eigenvalue weighted by molar-refractivity contribution is 5.52. The lowest BCUT2D eigenvalue weighted by atomic mass is 10.0. The van der Waals surface area contributed by atoms with E-state index in [-0.39, 0.29) is 17.2 Å². The van der Waals surface area contributed by atoms with Crippen molar-refractivity contribution in [2.45, 2.75) is 79.6 Å². The Balaban J connectivity index is 2.41. The first-order valence-corrected chi connectivity index (χ1v) is 10.5. The van der Waals surface area contributed by atoms with E-state index >= 15 is 0 Å². The minimum absolute atomic E-state index is 0.00397. The van der Waals surface area contributed by atoms with Crippen LogP contribution in [0.25, 0.3) is 0 Å². The summed E-state index contributed by atoms with van der Waals surface area (Å²) in [6, 6.07) is 2.69. The standard InChI is InChI=1S/C26H38O3/c1-19(2)9-6-10-20(3)11-7-12-21(4)13-8-14-22(5)15-16-23-24(27)17-18-25(28)26(23)29/h9,11,13,15,17-18,27-29H,6-8,10,12,14,16H2,1-5H3. The van der Waals surface area contributed by atoms with Crippen molar-refractivity contribution in [2.24, 2.45) is 0 Å². The van der Waals surface area contributed by atoms with E-state index in [1.807, 2.05) is 6.08 Å². The van der Waals surface area contributed by atoms with E-state index < -0.39 is 0 Å². The van der Waals surface area contributed by atoms with Gasteiger partial charge >= 0.3 is 0 Å². The minimum Gasteiger partial charge on any atom is -0.508 e. The molecule has 3 nitrogen and oxygen atoms in total. The number of phenolic OH excluding ortho intramolecular Hbond substituents is 3. The minimum atomic E-state index is -0.242. The molecular weight excluding hydrogens is 360 g/mol. The van der Waals surface area contributed by atoms with Crippen molar-refractivity contribution in [1.82, 2.24) is 0 Å². The number of hydrogen-bond donors (Lipinski definition) is 3. The van der Waals surface area contributed by atoms with Gasteiger partial charge in [-0.05, 0) is 91.7 Å². The van der Waals surface area contributed by atoms with E-state index in [1.165, 1.54) is 34.4 Å². The molecule has 0 fully saturated rings. The van der Waals surface area contributed by atoms with Gasteiger partial charge in [-0.3, -0.25) is 0 Å². The Kier molecular flexibility index (Phi) is 11.0. The van der Waals surface area contributed by atoms with Gasteiger partial charge in [0.2, 0.25) is 0 Å². The van der Waals surface area contributed by atoms with Gasteiger partial charge in [0.15, 0.2) is 11.5 Å². The van der Waals surface area contributed by atoms with Crippen LogP contribution in [0.1, 0.15) is 78.7 Å². The largest absolute Gasteiger partial charge is 0.508 e. The molecule has 160 valence electrons. The van der Waals surface area contributed by atoms with Crippen LogP contribution in [0.2, 0.25) is 0 Å². The Hall–Kier alpha value is -2.42. The zero-order valence-electron chi connectivity index (χ0n) is 18.8. The molecule has 1 aromatic rings. The lowest BCUT2D eigenvalue weighted by Gasteiger charge is -2.07. The molecular formula is C26H38O3. The highest BCUT2D eigenvalue weighted by atomic mass is 16.3. The molecule has 0 heterocycles. The van der Waals surface area contributed by atoms with Crippen LogP contribution in [-0.2, 0) is 6.42 Å². The molecule has 0 atom stereocenters. The number of allylic oxidation sites excluding steroid dienone is 8. The molecule has 0 aromatic heterocycles. The van der Waals surface area contributed by atoms with Crippen molar-refractivity contribution in [2.75, 3.05) is 0 Å². The average Bonchev–Trinajstić information content (AvgIpc) is 2.64. The molecule has 0 aliphatic heterocycles. The Labute approximate surface area is 176 Å². The topological polar surface area (TPSA) is 60.7 Å². The second-order valence-electron chi connectivity index (χ2n) is 8.18. The summed E-state index contributed by atoms with van der Waals surface area (Å²) in [6.45, 7) is 10.7. The predicted octanol–water partition coefficient (Wildman–Crippen LogP) is 7.49. The van der Waals surface area contributed by atoms with Gasteiger partial charge in [0.25, 0.3) is 0 Å². The lowest BCUT2D eigenvalue weighted by molar-refractivity contribution is 0.391. The van der Waals surface area contributed by atoms with E-state index in [4.69, 9.17) is 0 Å². The van der Waals surface area contributed by atoms with Crippen LogP contribution in [0, 0.1) is 0 Å². The first-order valence-electron chi connectivity index (χ1n) is 10.5. The Morgan fingerprint density at radius 2 is 1.10 bits per heavy atom. The normalized spacial score (nSPS) is 12.9. The quantitative estimate of drug-likeness (QED) is 0.205. The number of phenols is 3. The third kappa shape index (κ3) is 10.1. The first kappa shape index (κ1) is 24.6. The summed E-state index contributed by atoms with van der Waals surface area (Å²) >= 11 is 0. The fourth-order valence-corrected chi connectivity index (χ4v) is 3.08. The third-order valence-electron chi connectivity index (χ3n) is 5.05. The van der Waals surface area contributed by atoms with Crippen LogP contribution in [0.15, 0.2) is 58.7 Å². The van der Waals surface area contributed by atoms with E-state index in [0.29, 0.717) is 12.0 Å². The van der Waals surface area contributed by atoms with Crippen molar-refractivity contribution in [3.8, 4) is 17.2 Å². The van der Waals surface area contributed by atoms with E-state index in [0.717, 1.165) is 38.5 Å². The number of rotatable bonds is 11. The second kappa shape index (κ2) is 12.9. The van der Waals surface area contributed by atoms with Gasteiger partial charge in [0, 0.05) is 5.56 Å². The fraction of sp³-hybridized carbons (Fsp3) is 0.462. The number of aromatic hydroxyl groups is 3. The zero-order valence-corrected chi connectivity index (χ0v) is 18.8. The maximum atomic E-state index is 9.88. The summed E-state index contributed by atoms with van der Waals surface area (Å²) in [4.78, 5) is 0. The molecule has 1 aromatic carbocycles. The summed E-state index contributed by atoms with van der Waals surface area (Å²) in [5.41, 5.74) is 5.83. The third-order valence-corrected chi connectivity index (χ3v) is 5.05. The van der Waals surface area contributed by atoms with Gasteiger partial charge in [-0.1, -0.05) is 46.6 Å². The molecule has 0 aliphatic carbocycles. The van der Waals surface area contributed by atoms with Crippen LogP contribution in [-0.4, -0.2) is 15.3 Å². The number of benzene rings is 1. The van der Waals surface area contributed by atoms with Gasteiger partial charge in [-0.15, -0.1) is 0 Å². The van der Waals surface area contributed by atoms with Crippen molar-refractivity contribution in [3.05, 3.63) is 64.3 Å². The molecule has 1 rings (SSSR count). The lowest BCUT2D eigenvalue weighted by Crippen LogP contribution is -1.87. The van der Waals surface area contributed by atoms with E-state index in [2.05, 4.69) is 52.8 Å². The first-order chi connectivity index (χ1) is 13.7. The highest BCUT2D eigenvalue weighted by Crippen LogP contribution is 2.35. The molecule has 0 spiro atoms. The van der Waals surface area contributed by atoms with Crippen molar-refractivity contribution in [1.29, 1.82) is 0 Å². The maximum absolute atomic E-state index is 9.88. The second-order valence-corrected chi connectivity index (χ2v) is 8.18. The molecule has 29 heavy (non-hydrogen) atoms. The average molecular weight is 399 g/mol. The molecule has 0 bridgehead atoms. The molecule has 3 heteroatoms. The Bertz CT molecular complexity index is 775. The summed E-state index contributed by atoms with van der Waals surface area (Å²) in [6.07, 6.45) is 15.7. The SMILES string of the molecule is CC(C)=CCCC(C)=CCCC(C)=CCCC(C)=CCc1c(O)ccc(O)c1O. The molecule has 0 radical (unpaired) electrons. The Morgan fingerprint density at radius 3 is 1.62 bits per heavy atom. The number of hydrogen-bond acceptors (Lipinski definition) is 3. The van der Waals surface area contributed by atoms with E-state index in [9.17, 15) is 15.3 Å². The van der Waals surface area contributed by atoms with Gasteiger partial charge in [-0.25, -0.2) is 0 Å². The van der Waals surface area contributed by atoms with Crippen LogP contribution < -0.4 is 0 Å². The Morgan fingerprint density at radius 1 is 0.655 bits per heavy atom. The zero-order chi connectivity index (χ0) is 21.8. The fourth-order valence-electron chi connectivity index (χ4n) is 3.08. The predicted molar refractivity (Wildman–Crippen MR) is 124 cm³/mol. The van der Waals surface area contributed by atoms with Crippen molar-refractivity contribution < 1.29 is 15.3 Å². The molecule has 0 unspecified atom stereocenters. The van der Waals surface area contributed by atoms with Crippen LogP contribution in [0.5, 0.6) is 17.2 Å². The summed E-state index contributed by atoms with van der Waals surface area (Å²) in [5.74, 6) is -0.443. The molecule has 0 saturated carbocycles. The molecule has 0 aliphatic rings. The highest BCUT2D eigenvalue weighted by Gasteiger charge is 2.10. The smallest absolute Gasteiger partial charge is 0.164 e. The van der Waals surface area contributed by atoms with Gasteiger partial charge in [0.1, 0.15) is 5.75 Å². The van der Waals surface area contributed by atoms with Crippen LogP contribution in [0.4, 0.5) is 0 Å². The molecule has 0 amide bonds.